The number of halogens is 1. The second kappa shape index (κ2) is 8.42. The van der Waals surface area contributed by atoms with E-state index in [1.54, 1.807) is 6.07 Å². The number of aryl methyl sites for hydroxylation is 1. The summed E-state index contributed by atoms with van der Waals surface area (Å²) in [5.74, 6) is 0.894. The highest BCUT2D eigenvalue weighted by Gasteiger charge is 2.19. The van der Waals surface area contributed by atoms with Gasteiger partial charge < -0.3 is 14.5 Å². The molecule has 0 aliphatic carbocycles. The predicted octanol–water partition coefficient (Wildman–Crippen LogP) is 4.13. The van der Waals surface area contributed by atoms with E-state index < -0.39 is 11.7 Å². The van der Waals surface area contributed by atoms with E-state index in [2.05, 4.69) is 36.4 Å². The van der Waals surface area contributed by atoms with Crippen LogP contribution in [0.1, 0.15) is 46.4 Å². The van der Waals surface area contributed by atoms with E-state index in [1.807, 2.05) is 39.8 Å². The zero-order chi connectivity index (χ0) is 18.4. The average molecular weight is 411 g/mol. The monoisotopic (exact) mass is 410 g/mol. The highest BCUT2D eigenvalue weighted by atomic mass is 79.9. The highest BCUT2D eigenvalue weighted by molar-refractivity contribution is 9.10. The fraction of sp³-hybridized carbons (Fsp3) is 0.529. The van der Waals surface area contributed by atoms with E-state index in [9.17, 15) is 4.79 Å². The molecule has 0 radical (unpaired) electrons. The Balaban J connectivity index is 1.90. The van der Waals surface area contributed by atoms with E-state index in [4.69, 9.17) is 9.15 Å². The van der Waals surface area contributed by atoms with Crippen molar-refractivity contribution >= 4 is 22.0 Å². The molecular formula is C17H23BrN4O3. The van der Waals surface area contributed by atoms with Crippen LogP contribution in [-0.4, -0.2) is 32.9 Å². The Morgan fingerprint density at radius 2 is 2.12 bits per heavy atom. The Hall–Kier alpha value is -1.96. The number of carbonyl (C=O) groups excluding carboxylic acids is 1. The molecule has 2 aromatic rings. The normalized spacial score (nSPS) is 12.7. The van der Waals surface area contributed by atoms with E-state index in [0.717, 1.165) is 6.42 Å². The molecule has 2 heterocycles. The molecule has 1 amide bonds. The van der Waals surface area contributed by atoms with Crippen molar-refractivity contribution in [2.45, 2.75) is 58.6 Å². The minimum atomic E-state index is -0.513. The lowest BCUT2D eigenvalue weighted by Gasteiger charge is -2.22. The molecule has 0 aromatic carbocycles. The molecule has 0 unspecified atom stereocenters. The maximum absolute atomic E-state index is 11.9. The van der Waals surface area contributed by atoms with Gasteiger partial charge in [0.25, 0.3) is 5.89 Å². The van der Waals surface area contributed by atoms with Gasteiger partial charge in [-0.2, -0.15) is 0 Å². The van der Waals surface area contributed by atoms with Gasteiger partial charge in [-0.3, -0.25) is 0 Å². The molecule has 0 spiro atoms. The van der Waals surface area contributed by atoms with Gasteiger partial charge >= 0.3 is 6.09 Å². The number of carbonyl (C=O) groups is 1. The van der Waals surface area contributed by atoms with Crippen molar-refractivity contribution in [1.82, 2.24) is 20.5 Å². The zero-order valence-electron chi connectivity index (χ0n) is 14.9. The van der Waals surface area contributed by atoms with Crippen molar-refractivity contribution in [3.8, 4) is 11.6 Å². The first kappa shape index (κ1) is 19.4. The molecule has 136 valence electrons. The number of hydrogen-bond acceptors (Lipinski definition) is 6. The largest absolute Gasteiger partial charge is 0.444 e. The molecule has 1 atom stereocenters. The van der Waals surface area contributed by atoms with Crippen molar-refractivity contribution in [3.05, 3.63) is 28.7 Å². The molecule has 0 fully saturated rings. The fourth-order valence-corrected chi connectivity index (χ4v) is 2.48. The van der Waals surface area contributed by atoms with Crippen molar-refractivity contribution in [1.29, 1.82) is 0 Å². The van der Waals surface area contributed by atoms with Crippen LogP contribution >= 0.6 is 15.9 Å². The summed E-state index contributed by atoms with van der Waals surface area (Å²) >= 11 is 3.32. The van der Waals surface area contributed by atoms with Crippen molar-refractivity contribution in [2.24, 2.45) is 0 Å². The Labute approximate surface area is 155 Å². The predicted molar refractivity (Wildman–Crippen MR) is 97.0 cm³/mol. The van der Waals surface area contributed by atoms with Crippen LogP contribution in [0, 0.1) is 0 Å². The first-order valence-electron chi connectivity index (χ1n) is 8.21. The second-order valence-electron chi connectivity index (χ2n) is 6.64. The summed E-state index contributed by atoms with van der Waals surface area (Å²) in [7, 11) is 0. The summed E-state index contributed by atoms with van der Waals surface area (Å²) < 4.78 is 11.6. The third kappa shape index (κ3) is 6.45. The molecule has 7 nitrogen and oxygen atoms in total. The molecule has 8 heteroatoms. The Bertz CT molecular complexity index is 712. The lowest BCUT2D eigenvalue weighted by atomic mass is 10.1. The molecule has 0 bridgehead atoms. The summed E-state index contributed by atoms with van der Waals surface area (Å²) in [5, 5.41) is 10.9. The number of nitrogens with one attached hydrogen (secondary N) is 1. The number of pyridine rings is 1. The minimum Gasteiger partial charge on any atom is -0.444 e. The summed E-state index contributed by atoms with van der Waals surface area (Å²) in [5.41, 5.74) is 0.104. The van der Waals surface area contributed by atoms with Crippen LogP contribution in [0.5, 0.6) is 0 Å². The summed E-state index contributed by atoms with van der Waals surface area (Å²) in [6.45, 7) is 7.52. The third-order valence-electron chi connectivity index (χ3n) is 3.32. The topological polar surface area (TPSA) is 90.1 Å². The minimum absolute atomic E-state index is 0.0193. The number of amides is 1. The lowest BCUT2D eigenvalue weighted by molar-refractivity contribution is 0.0500. The van der Waals surface area contributed by atoms with Crippen LogP contribution in [0.15, 0.2) is 27.2 Å². The van der Waals surface area contributed by atoms with Gasteiger partial charge in [-0.15, -0.1) is 10.2 Å². The quantitative estimate of drug-likeness (QED) is 0.719. The Morgan fingerprint density at radius 1 is 1.36 bits per heavy atom. The number of rotatable bonds is 6. The van der Waals surface area contributed by atoms with Crippen LogP contribution in [0.2, 0.25) is 0 Å². The Kier molecular flexibility index (Phi) is 6.52. The van der Waals surface area contributed by atoms with Gasteiger partial charge in [-0.25, -0.2) is 9.78 Å². The molecule has 2 rings (SSSR count). The second-order valence-corrected chi connectivity index (χ2v) is 7.45. The van der Waals surface area contributed by atoms with Crippen LogP contribution in [0.25, 0.3) is 11.6 Å². The van der Waals surface area contributed by atoms with Crippen LogP contribution in [0.4, 0.5) is 4.79 Å². The van der Waals surface area contributed by atoms with Gasteiger partial charge in [0, 0.05) is 12.5 Å². The molecule has 0 aliphatic heterocycles. The number of hydrogen-bond donors (Lipinski definition) is 1. The van der Waals surface area contributed by atoms with E-state index in [0.29, 0.717) is 34.9 Å². The molecule has 0 aliphatic rings. The summed E-state index contributed by atoms with van der Waals surface area (Å²) in [4.78, 5) is 16.2. The van der Waals surface area contributed by atoms with Gasteiger partial charge in [-0.05, 0) is 61.7 Å². The maximum atomic E-state index is 11.9. The van der Waals surface area contributed by atoms with E-state index in [-0.39, 0.29) is 6.04 Å². The first-order valence-corrected chi connectivity index (χ1v) is 9.01. The Morgan fingerprint density at radius 3 is 2.76 bits per heavy atom. The van der Waals surface area contributed by atoms with E-state index in [1.165, 1.54) is 0 Å². The lowest BCUT2D eigenvalue weighted by Crippen LogP contribution is -2.39. The zero-order valence-corrected chi connectivity index (χ0v) is 16.5. The van der Waals surface area contributed by atoms with Crippen molar-refractivity contribution in [2.75, 3.05) is 0 Å². The fourth-order valence-electron chi connectivity index (χ4n) is 2.14. The van der Waals surface area contributed by atoms with Gasteiger partial charge in [0.15, 0.2) is 0 Å². The van der Waals surface area contributed by atoms with Crippen LogP contribution in [-0.2, 0) is 11.2 Å². The van der Waals surface area contributed by atoms with Gasteiger partial charge in [0.05, 0.1) is 0 Å². The van der Waals surface area contributed by atoms with Gasteiger partial charge in [0.2, 0.25) is 5.89 Å². The molecule has 0 saturated heterocycles. The van der Waals surface area contributed by atoms with E-state index >= 15 is 0 Å². The molecule has 1 N–H and O–H groups in total. The van der Waals surface area contributed by atoms with Crippen LogP contribution < -0.4 is 5.32 Å². The number of aromatic nitrogens is 3. The standard InChI is InChI=1S/C17H23BrN4O3/c1-5-11(19-16(23)25-17(2,3)4)9-10-14-21-22-15(24-14)12-7-6-8-13(18)20-12/h6-8,11H,5,9-10H2,1-4H3,(H,19,23)/t11-/m0/s1. The SMILES string of the molecule is CC[C@@H](CCc1nnc(-c2cccc(Br)n2)o1)NC(=O)OC(C)(C)C. The van der Waals surface area contributed by atoms with Crippen molar-refractivity contribution < 1.29 is 13.9 Å². The van der Waals surface area contributed by atoms with Gasteiger partial charge in [0.1, 0.15) is 15.9 Å². The van der Waals surface area contributed by atoms with Crippen molar-refractivity contribution in [3.63, 3.8) is 0 Å². The van der Waals surface area contributed by atoms with Gasteiger partial charge in [-0.1, -0.05) is 13.0 Å². The summed E-state index contributed by atoms with van der Waals surface area (Å²) in [6.07, 6.45) is 1.62. The first-order chi connectivity index (χ1) is 11.8. The molecule has 0 saturated carbocycles. The molecule has 2 aromatic heterocycles. The maximum Gasteiger partial charge on any atom is 0.407 e. The third-order valence-corrected chi connectivity index (χ3v) is 3.76. The number of nitrogens with zero attached hydrogens (tertiary/aromatic N) is 3. The highest BCUT2D eigenvalue weighted by Crippen LogP contribution is 2.18. The number of alkyl carbamates (subject to hydrolysis) is 1. The molecule has 25 heavy (non-hydrogen) atoms. The average Bonchev–Trinajstić information content (AvgIpc) is 2.98. The number of ether oxygens (including phenoxy) is 1. The van der Waals surface area contributed by atoms with Crippen LogP contribution in [0.3, 0.4) is 0 Å². The smallest absolute Gasteiger partial charge is 0.407 e. The summed E-state index contributed by atoms with van der Waals surface area (Å²) in [6, 6.07) is 5.47. The molecular weight excluding hydrogens is 388 g/mol.